The standard InChI is InChI=1S/C18H20N2O2/c1-13-4-6-16(7-5-13)11-19-20-18(21)12-22-17-9-14(2)8-15(3)10-17/h4-11H,12H2,1-3H3,(H,20,21)/b19-11+. The summed E-state index contributed by atoms with van der Waals surface area (Å²) in [5, 5.41) is 3.91. The van der Waals surface area contributed by atoms with Gasteiger partial charge in [-0.05, 0) is 49.6 Å². The number of carbonyl (C=O) groups is 1. The van der Waals surface area contributed by atoms with Crippen LogP contribution in [-0.4, -0.2) is 18.7 Å². The normalized spacial score (nSPS) is 10.7. The van der Waals surface area contributed by atoms with Gasteiger partial charge in [-0.25, -0.2) is 5.43 Å². The highest BCUT2D eigenvalue weighted by Gasteiger charge is 2.02. The second-order valence-corrected chi connectivity index (χ2v) is 5.32. The lowest BCUT2D eigenvalue weighted by Crippen LogP contribution is -2.24. The molecule has 0 aliphatic heterocycles. The Bertz CT molecular complexity index is 656. The molecule has 0 aliphatic rings. The molecule has 2 rings (SSSR count). The zero-order valence-electron chi connectivity index (χ0n) is 13.1. The van der Waals surface area contributed by atoms with Gasteiger partial charge in [-0.3, -0.25) is 4.79 Å². The van der Waals surface area contributed by atoms with E-state index in [0.717, 1.165) is 16.7 Å². The molecule has 0 unspecified atom stereocenters. The van der Waals surface area contributed by atoms with E-state index in [1.54, 1.807) is 6.21 Å². The first kappa shape index (κ1) is 15.8. The Kier molecular flexibility index (Phi) is 5.31. The number of ether oxygens (including phenoxy) is 1. The van der Waals surface area contributed by atoms with E-state index in [4.69, 9.17) is 4.74 Å². The van der Waals surface area contributed by atoms with E-state index in [-0.39, 0.29) is 12.5 Å². The van der Waals surface area contributed by atoms with Gasteiger partial charge in [0.05, 0.1) is 6.21 Å². The maximum absolute atomic E-state index is 11.7. The van der Waals surface area contributed by atoms with Gasteiger partial charge in [0.25, 0.3) is 5.91 Å². The number of benzene rings is 2. The quantitative estimate of drug-likeness (QED) is 0.680. The van der Waals surface area contributed by atoms with Gasteiger partial charge >= 0.3 is 0 Å². The highest BCUT2D eigenvalue weighted by atomic mass is 16.5. The minimum Gasteiger partial charge on any atom is -0.484 e. The van der Waals surface area contributed by atoms with E-state index in [9.17, 15) is 4.79 Å². The summed E-state index contributed by atoms with van der Waals surface area (Å²) in [6, 6.07) is 13.7. The zero-order valence-corrected chi connectivity index (χ0v) is 13.1. The molecule has 0 heterocycles. The molecule has 4 heteroatoms. The van der Waals surface area contributed by atoms with Gasteiger partial charge in [0, 0.05) is 0 Å². The molecular weight excluding hydrogens is 276 g/mol. The molecule has 0 fully saturated rings. The van der Waals surface area contributed by atoms with Crippen molar-refractivity contribution >= 4 is 12.1 Å². The number of hydrogen-bond acceptors (Lipinski definition) is 3. The van der Waals surface area contributed by atoms with Crippen LogP contribution in [0.2, 0.25) is 0 Å². The van der Waals surface area contributed by atoms with Crippen LogP contribution in [0.15, 0.2) is 47.6 Å². The van der Waals surface area contributed by atoms with Crippen LogP contribution in [0.25, 0.3) is 0 Å². The Balaban J connectivity index is 1.81. The Hall–Kier alpha value is -2.62. The molecule has 2 aromatic carbocycles. The molecule has 0 radical (unpaired) electrons. The average molecular weight is 296 g/mol. The fourth-order valence-corrected chi connectivity index (χ4v) is 2.03. The number of aryl methyl sites for hydroxylation is 3. The van der Waals surface area contributed by atoms with E-state index in [1.807, 2.05) is 57.2 Å². The van der Waals surface area contributed by atoms with Crippen LogP contribution in [0, 0.1) is 20.8 Å². The monoisotopic (exact) mass is 296 g/mol. The highest BCUT2D eigenvalue weighted by Crippen LogP contribution is 2.15. The molecule has 0 bridgehead atoms. The fourth-order valence-electron chi connectivity index (χ4n) is 2.03. The van der Waals surface area contributed by atoms with Crippen molar-refractivity contribution in [1.82, 2.24) is 5.43 Å². The van der Waals surface area contributed by atoms with Gasteiger partial charge in [0.2, 0.25) is 0 Å². The molecule has 2 aromatic rings. The van der Waals surface area contributed by atoms with Gasteiger partial charge in [-0.2, -0.15) is 5.10 Å². The lowest BCUT2D eigenvalue weighted by molar-refractivity contribution is -0.123. The summed E-state index contributed by atoms with van der Waals surface area (Å²) in [6.07, 6.45) is 1.61. The molecule has 0 aliphatic carbocycles. The summed E-state index contributed by atoms with van der Waals surface area (Å²) in [6.45, 7) is 5.94. The first-order valence-electron chi connectivity index (χ1n) is 7.12. The summed E-state index contributed by atoms with van der Waals surface area (Å²) in [5.41, 5.74) is 6.77. The van der Waals surface area contributed by atoms with Crippen molar-refractivity contribution in [1.29, 1.82) is 0 Å². The van der Waals surface area contributed by atoms with Crippen molar-refractivity contribution in [2.75, 3.05) is 6.61 Å². The van der Waals surface area contributed by atoms with Crippen molar-refractivity contribution in [3.63, 3.8) is 0 Å². The van der Waals surface area contributed by atoms with Crippen LogP contribution >= 0.6 is 0 Å². The van der Waals surface area contributed by atoms with E-state index in [1.165, 1.54) is 5.56 Å². The third kappa shape index (κ3) is 5.05. The number of rotatable bonds is 5. The van der Waals surface area contributed by atoms with E-state index in [2.05, 4.69) is 16.6 Å². The smallest absolute Gasteiger partial charge is 0.277 e. The van der Waals surface area contributed by atoms with Crippen LogP contribution in [0.4, 0.5) is 0 Å². The van der Waals surface area contributed by atoms with Crippen LogP contribution < -0.4 is 10.2 Å². The Morgan fingerprint density at radius 2 is 1.68 bits per heavy atom. The Morgan fingerprint density at radius 3 is 2.32 bits per heavy atom. The van der Waals surface area contributed by atoms with Crippen molar-refractivity contribution in [2.45, 2.75) is 20.8 Å². The fraction of sp³-hybridized carbons (Fsp3) is 0.222. The van der Waals surface area contributed by atoms with Gasteiger partial charge in [0.1, 0.15) is 5.75 Å². The predicted octanol–water partition coefficient (Wildman–Crippen LogP) is 3.14. The molecule has 0 spiro atoms. The molecule has 0 saturated heterocycles. The molecule has 1 N–H and O–H groups in total. The Labute approximate surface area is 130 Å². The molecule has 0 atom stereocenters. The topological polar surface area (TPSA) is 50.7 Å². The van der Waals surface area contributed by atoms with Crippen molar-refractivity contribution in [2.24, 2.45) is 5.10 Å². The largest absolute Gasteiger partial charge is 0.484 e. The maximum atomic E-state index is 11.7. The number of carbonyl (C=O) groups excluding carboxylic acids is 1. The number of nitrogens with one attached hydrogen (secondary N) is 1. The number of hydrogen-bond donors (Lipinski definition) is 1. The van der Waals surface area contributed by atoms with Gasteiger partial charge < -0.3 is 4.74 Å². The average Bonchev–Trinajstić information content (AvgIpc) is 2.46. The second kappa shape index (κ2) is 7.41. The number of hydrazone groups is 1. The van der Waals surface area contributed by atoms with E-state index >= 15 is 0 Å². The van der Waals surface area contributed by atoms with Gasteiger partial charge in [-0.1, -0.05) is 35.9 Å². The molecular formula is C18H20N2O2. The second-order valence-electron chi connectivity index (χ2n) is 5.32. The summed E-state index contributed by atoms with van der Waals surface area (Å²) in [7, 11) is 0. The van der Waals surface area contributed by atoms with E-state index in [0.29, 0.717) is 5.75 Å². The number of amides is 1. The third-order valence-corrected chi connectivity index (χ3v) is 3.05. The van der Waals surface area contributed by atoms with E-state index < -0.39 is 0 Å². The summed E-state index contributed by atoms with van der Waals surface area (Å²) in [5.74, 6) is 0.401. The molecule has 22 heavy (non-hydrogen) atoms. The summed E-state index contributed by atoms with van der Waals surface area (Å²) in [4.78, 5) is 11.7. The van der Waals surface area contributed by atoms with Crippen molar-refractivity contribution < 1.29 is 9.53 Å². The summed E-state index contributed by atoms with van der Waals surface area (Å²) < 4.78 is 5.46. The van der Waals surface area contributed by atoms with Crippen molar-refractivity contribution in [3.8, 4) is 5.75 Å². The van der Waals surface area contributed by atoms with Crippen LogP contribution in [0.1, 0.15) is 22.3 Å². The summed E-state index contributed by atoms with van der Waals surface area (Å²) >= 11 is 0. The SMILES string of the molecule is Cc1ccc(/C=N/NC(=O)COc2cc(C)cc(C)c2)cc1. The molecule has 0 aromatic heterocycles. The van der Waals surface area contributed by atoms with Crippen molar-refractivity contribution in [3.05, 3.63) is 64.7 Å². The third-order valence-electron chi connectivity index (χ3n) is 3.05. The first-order valence-corrected chi connectivity index (χ1v) is 7.12. The van der Waals surface area contributed by atoms with Crippen LogP contribution in [-0.2, 0) is 4.79 Å². The molecule has 1 amide bonds. The lowest BCUT2D eigenvalue weighted by atomic mass is 10.1. The molecule has 0 saturated carbocycles. The predicted molar refractivity (Wildman–Crippen MR) is 88.3 cm³/mol. The minimum atomic E-state index is -0.289. The zero-order chi connectivity index (χ0) is 15.9. The Morgan fingerprint density at radius 1 is 1.05 bits per heavy atom. The van der Waals surface area contributed by atoms with Gasteiger partial charge in [-0.15, -0.1) is 0 Å². The number of nitrogens with zero attached hydrogens (tertiary/aromatic N) is 1. The van der Waals surface area contributed by atoms with Crippen LogP contribution in [0.5, 0.6) is 5.75 Å². The maximum Gasteiger partial charge on any atom is 0.277 e. The highest BCUT2D eigenvalue weighted by molar-refractivity contribution is 5.82. The molecule has 4 nitrogen and oxygen atoms in total. The van der Waals surface area contributed by atoms with Gasteiger partial charge in [0.15, 0.2) is 6.61 Å². The van der Waals surface area contributed by atoms with Crippen LogP contribution in [0.3, 0.4) is 0 Å². The molecule has 114 valence electrons. The lowest BCUT2D eigenvalue weighted by Gasteiger charge is -2.07. The first-order chi connectivity index (χ1) is 10.5. The minimum absolute atomic E-state index is 0.0614.